The molecule has 188 valence electrons. The molecule has 0 aliphatic carbocycles. The van der Waals surface area contributed by atoms with Gasteiger partial charge in [-0.15, -0.1) is 0 Å². The molecule has 0 spiro atoms. The summed E-state index contributed by atoms with van der Waals surface area (Å²) < 4.78 is 32.3. The summed E-state index contributed by atoms with van der Waals surface area (Å²) in [5, 5.41) is 15.4. The second kappa shape index (κ2) is 10.9. The maximum absolute atomic E-state index is 12.9. The highest BCUT2D eigenvalue weighted by atomic mass is 35.5. The fraction of sp³-hybridized carbons (Fsp3) is 0.435. The van der Waals surface area contributed by atoms with Gasteiger partial charge >= 0.3 is 0 Å². The Labute approximate surface area is 209 Å². The van der Waals surface area contributed by atoms with Crippen LogP contribution in [0.4, 0.5) is 11.4 Å². The monoisotopic (exact) mass is 522 g/mol. The van der Waals surface area contributed by atoms with Gasteiger partial charge in [-0.3, -0.25) is 14.9 Å². The number of carbonyl (C=O) groups is 1. The molecule has 0 bridgehead atoms. The SMILES string of the molecule is O=C(NCc1ccc(Cl)cc1)C1CCN(c2ccc(S(=O)(=O)N3CCOCC3)cc2[N+](=O)[O-])CC1. The minimum atomic E-state index is -3.85. The number of amides is 1. The molecule has 0 aromatic heterocycles. The van der Waals surface area contributed by atoms with E-state index in [2.05, 4.69) is 5.32 Å². The second-order valence-corrected chi connectivity index (χ2v) is 10.9. The minimum absolute atomic E-state index is 0.0546. The number of carbonyl (C=O) groups excluding carboxylic acids is 1. The van der Waals surface area contributed by atoms with Crippen molar-refractivity contribution in [1.82, 2.24) is 9.62 Å². The number of sulfonamides is 1. The number of anilines is 1. The highest BCUT2D eigenvalue weighted by Crippen LogP contribution is 2.34. The zero-order valence-corrected chi connectivity index (χ0v) is 20.6. The predicted octanol–water partition coefficient (Wildman–Crippen LogP) is 2.80. The van der Waals surface area contributed by atoms with Gasteiger partial charge in [0.2, 0.25) is 15.9 Å². The van der Waals surface area contributed by atoms with Gasteiger partial charge in [-0.05, 0) is 42.7 Å². The molecule has 35 heavy (non-hydrogen) atoms. The highest BCUT2D eigenvalue weighted by molar-refractivity contribution is 7.89. The molecule has 1 amide bonds. The molecule has 2 aromatic carbocycles. The maximum atomic E-state index is 12.9. The van der Waals surface area contributed by atoms with Gasteiger partial charge in [-0.1, -0.05) is 23.7 Å². The minimum Gasteiger partial charge on any atom is -0.379 e. The Kier molecular flexibility index (Phi) is 7.90. The third-order valence-electron chi connectivity index (χ3n) is 6.34. The molecular formula is C23H27ClN4O6S. The molecule has 0 atom stereocenters. The number of halogens is 1. The Morgan fingerprint density at radius 2 is 1.74 bits per heavy atom. The van der Waals surface area contributed by atoms with Crippen LogP contribution in [-0.4, -0.2) is 62.9 Å². The van der Waals surface area contributed by atoms with Gasteiger partial charge in [0.1, 0.15) is 5.69 Å². The first-order chi connectivity index (χ1) is 16.8. The summed E-state index contributed by atoms with van der Waals surface area (Å²) in [6.45, 7) is 2.33. The number of ether oxygens (including phenoxy) is 1. The Morgan fingerprint density at radius 3 is 2.37 bits per heavy atom. The van der Waals surface area contributed by atoms with Crippen LogP contribution < -0.4 is 10.2 Å². The topological polar surface area (TPSA) is 122 Å². The molecule has 12 heteroatoms. The summed E-state index contributed by atoms with van der Waals surface area (Å²) in [7, 11) is -3.85. The quantitative estimate of drug-likeness (QED) is 0.438. The van der Waals surface area contributed by atoms with Gasteiger partial charge in [0.05, 0.1) is 23.0 Å². The number of piperidine rings is 1. The average molecular weight is 523 g/mol. The second-order valence-electron chi connectivity index (χ2n) is 8.53. The lowest BCUT2D eigenvalue weighted by Gasteiger charge is -2.33. The van der Waals surface area contributed by atoms with Crippen LogP contribution in [0.15, 0.2) is 47.4 Å². The first-order valence-corrected chi connectivity index (χ1v) is 13.2. The van der Waals surface area contributed by atoms with Crippen molar-refractivity contribution in [2.75, 3.05) is 44.3 Å². The summed E-state index contributed by atoms with van der Waals surface area (Å²) in [5.41, 5.74) is 1.05. The molecule has 0 unspecified atom stereocenters. The Hall–Kier alpha value is -2.73. The van der Waals surface area contributed by atoms with Crippen LogP contribution in [0, 0.1) is 16.0 Å². The molecule has 2 aromatic rings. The van der Waals surface area contributed by atoms with E-state index < -0.39 is 14.9 Å². The van der Waals surface area contributed by atoms with Crippen molar-refractivity contribution in [2.45, 2.75) is 24.3 Å². The lowest BCUT2D eigenvalue weighted by atomic mass is 9.95. The molecule has 4 rings (SSSR count). The molecule has 2 aliphatic rings. The third kappa shape index (κ3) is 5.92. The Bertz CT molecular complexity index is 1180. The zero-order valence-electron chi connectivity index (χ0n) is 19.1. The molecule has 0 radical (unpaired) electrons. The number of nitro groups is 1. The van der Waals surface area contributed by atoms with Crippen LogP contribution in [0.1, 0.15) is 18.4 Å². The van der Waals surface area contributed by atoms with Crippen LogP contribution in [0.5, 0.6) is 0 Å². The lowest BCUT2D eigenvalue weighted by molar-refractivity contribution is -0.384. The van der Waals surface area contributed by atoms with Crippen molar-refractivity contribution in [3.05, 3.63) is 63.2 Å². The lowest BCUT2D eigenvalue weighted by Crippen LogP contribution is -2.41. The standard InChI is InChI=1S/C23H27ClN4O6S/c24-19-3-1-17(2-4-19)16-25-23(29)18-7-9-26(10-8-18)21-6-5-20(15-22(21)28(30)31)35(32,33)27-11-13-34-14-12-27/h1-6,15,18H,7-14,16H2,(H,25,29). The van der Waals surface area contributed by atoms with E-state index in [-0.39, 0.29) is 35.5 Å². The molecule has 2 aliphatic heterocycles. The van der Waals surface area contributed by atoms with Crippen LogP contribution in [0.2, 0.25) is 5.02 Å². The number of rotatable bonds is 7. The first kappa shape index (κ1) is 25.4. The molecule has 1 N–H and O–H groups in total. The van der Waals surface area contributed by atoms with E-state index in [1.165, 1.54) is 16.4 Å². The van der Waals surface area contributed by atoms with Crippen molar-refractivity contribution in [2.24, 2.45) is 5.92 Å². The number of morpholine rings is 1. The van der Waals surface area contributed by atoms with Gasteiger partial charge in [0.25, 0.3) is 5.69 Å². The number of nitrogens with zero attached hydrogens (tertiary/aromatic N) is 3. The van der Waals surface area contributed by atoms with Crippen LogP contribution >= 0.6 is 11.6 Å². The highest BCUT2D eigenvalue weighted by Gasteiger charge is 2.32. The van der Waals surface area contributed by atoms with Crippen LogP contribution in [-0.2, 0) is 26.1 Å². The Balaban J connectivity index is 1.41. The smallest absolute Gasteiger partial charge is 0.293 e. The third-order valence-corrected chi connectivity index (χ3v) is 8.48. The summed E-state index contributed by atoms with van der Waals surface area (Å²) in [4.78, 5) is 25.6. The van der Waals surface area contributed by atoms with Crippen molar-refractivity contribution in [3.63, 3.8) is 0 Å². The van der Waals surface area contributed by atoms with E-state index in [1.807, 2.05) is 17.0 Å². The largest absolute Gasteiger partial charge is 0.379 e. The van der Waals surface area contributed by atoms with Gasteiger partial charge in [-0.2, -0.15) is 4.31 Å². The number of hydrogen-bond donors (Lipinski definition) is 1. The van der Waals surface area contributed by atoms with E-state index in [0.717, 1.165) is 11.6 Å². The van der Waals surface area contributed by atoms with E-state index >= 15 is 0 Å². The number of nitrogens with one attached hydrogen (secondary N) is 1. The van der Waals surface area contributed by atoms with E-state index in [4.69, 9.17) is 16.3 Å². The fourth-order valence-corrected chi connectivity index (χ4v) is 5.89. The summed E-state index contributed by atoms with van der Waals surface area (Å²) >= 11 is 5.89. The summed E-state index contributed by atoms with van der Waals surface area (Å²) in [6, 6.07) is 11.3. The van der Waals surface area contributed by atoms with E-state index in [1.54, 1.807) is 12.1 Å². The Morgan fingerprint density at radius 1 is 1.09 bits per heavy atom. The summed E-state index contributed by atoms with van der Waals surface area (Å²) in [5.74, 6) is -0.250. The molecule has 10 nitrogen and oxygen atoms in total. The zero-order chi connectivity index (χ0) is 25.0. The van der Waals surface area contributed by atoms with Crippen molar-refractivity contribution in [3.8, 4) is 0 Å². The van der Waals surface area contributed by atoms with Gasteiger partial charge in [0, 0.05) is 49.7 Å². The van der Waals surface area contributed by atoms with Gasteiger partial charge in [-0.25, -0.2) is 8.42 Å². The van der Waals surface area contributed by atoms with Crippen LogP contribution in [0.3, 0.4) is 0 Å². The first-order valence-electron chi connectivity index (χ1n) is 11.4. The number of benzene rings is 2. The van der Waals surface area contributed by atoms with E-state index in [9.17, 15) is 23.3 Å². The molecule has 2 saturated heterocycles. The van der Waals surface area contributed by atoms with Gasteiger partial charge in [0.15, 0.2) is 0 Å². The number of hydrogen-bond acceptors (Lipinski definition) is 7. The maximum Gasteiger partial charge on any atom is 0.293 e. The molecular weight excluding hydrogens is 496 g/mol. The van der Waals surface area contributed by atoms with E-state index in [0.29, 0.717) is 56.4 Å². The van der Waals surface area contributed by atoms with Crippen molar-refractivity contribution < 1.29 is 22.9 Å². The fourth-order valence-electron chi connectivity index (χ4n) is 4.33. The predicted molar refractivity (Wildman–Crippen MR) is 131 cm³/mol. The molecule has 2 heterocycles. The van der Waals surface area contributed by atoms with Crippen molar-refractivity contribution in [1.29, 1.82) is 0 Å². The normalized spacial score (nSPS) is 17.8. The molecule has 0 saturated carbocycles. The van der Waals surface area contributed by atoms with Crippen molar-refractivity contribution >= 4 is 38.9 Å². The number of nitro benzene ring substituents is 1. The average Bonchev–Trinajstić information content (AvgIpc) is 2.88. The molecule has 2 fully saturated rings. The van der Waals surface area contributed by atoms with Crippen LogP contribution in [0.25, 0.3) is 0 Å². The summed E-state index contributed by atoms with van der Waals surface area (Å²) in [6.07, 6.45) is 1.08. The van der Waals surface area contributed by atoms with Gasteiger partial charge < -0.3 is 15.0 Å².